The standard InChI is InChI=1S/C28H59NO14/c1-18(34)25(6-30)40-14-23(15-41-26(7-31)19(2)35)12-38-10-22(5-29)11-39-13-24(16-42-27(8-32)20(3)36)17-43-28(9-33)21(4)37/h18-28,30-37H,5-17,29H2,1-4H3. The average Bonchev–Trinajstić information content (AvgIpc) is 2.95. The zero-order chi connectivity index (χ0) is 32.8. The summed E-state index contributed by atoms with van der Waals surface area (Å²) in [5, 5.41) is 76.7. The summed E-state index contributed by atoms with van der Waals surface area (Å²) in [6.07, 6.45) is -6.73. The monoisotopic (exact) mass is 633 g/mol. The van der Waals surface area contributed by atoms with Gasteiger partial charge in [-0.25, -0.2) is 0 Å². The van der Waals surface area contributed by atoms with E-state index in [1.165, 1.54) is 27.7 Å². The zero-order valence-electron chi connectivity index (χ0n) is 26.1. The molecular formula is C28H59NO14. The van der Waals surface area contributed by atoms with Crippen molar-refractivity contribution < 1.29 is 69.3 Å². The molecule has 43 heavy (non-hydrogen) atoms. The molecule has 0 amide bonds. The lowest BCUT2D eigenvalue weighted by molar-refractivity contribution is -0.113. The van der Waals surface area contributed by atoms with Crippen LogP contribution in [0.4, 0.5) is 0 Å². The molecule has 0 saturated heterocycles. The van der Waals surface area contributed by atoms with Crippen molar-refractivity contribution in [2.24, 2.45) is 23.5 Å². The Morgan fingerprint density at radius 1 is 0.419 bits per heavy atom. The molecule has 0 aliphatic rings. The van der Waals surface area contributed by atoms with Gasteiger partial charge in [0, 0.05) is 17.8 Å². The van der Waals surface area contributed by atoms with E-state index in [1.54, 1.807) is 0 Å². The fraction of sp³-hybridized carbons (Fsp3) is 1.00. The van der Waals surface area contributed by atoms with Crippen LogP contribution in [-0.4, -0.2) is 176 Å². The number of rotatable bonds is 29. The third kappa shape index (κ3) is 19.5. The van der Waals surface area contributed by atoms with Crippen LogP contribution < -0.4 is 5.73 Å². The van der Waals surface area contributed by atoms with Gasteiger partial charge in [0.15, 0.2) is 0 Å². The molecule has 0 aromatic carbocycles. The molecule has 0 rings (SSSR count). The number of aliphatic hydroxyl groups excluding tert-OH is 8. The van der Waals surface area contributed by atoms with E-state index in [2.05, 4.69) is 0 Å². The summed E-state index contributed by atoms with van der Waals surface area (Å²) >= 11 is 0. The Hall–Kier alpha value is -0.600. The molecule has 260 valence electrons. The quantitative estimate of drug-likeness (QED) is 0.0395. The first-order valence-electron chi connectivity index (χ1n) is 14.9. The molecule has 0 saturated carbocycles. The fourth-order valence-corrected chi connectivity index (χ4v) is 3.69. The molecule has 0 radical (unpaired) electrons. The van der Waals surface area contributed by atoms with Crippen molar-refractivity contribution in [3.8, 4) is 0 Å². The molecule has 0 bridgehead atoms. The SMILES string of the molecule is CC(O)C(CO)OCC(COCC(CN)COCC(COC(CO)C(C)O)COC(CO)C(C)O)COC(CO)C(C)O. The van der Waals surface area contributed by atoms with Gasteiger partial charge in [-0.15, -0.1) is 0 Å². The Balaban J connectivity index is 5.02. The van der Waals surface area contributed by atoms with Crippen LogP contribution in [0.5, 0.6) is 0 Å². The van der Waals surface area contributed by atoms with Gasteiger partial charge in [0.05, 0.1) is 104 Å². The Labute approximate surface area is 255 Å². The summed E-state index contributed by atoms with van der Waals surface area (Å²) < 4.78 is 34.2. The Bertz CT molecular complexity index is 540. The highest BCUT2D eigenvalue weighted by Crippen LogP contribution is 2.12. The van der Waals surface area contributed by atoms with Gasteiger partial charge >= 0.3 is 0 Å². The summed E-state index contributed by atoms with van der Waals surface area (Å²) in [6, 6.07) is 0. The van der Waals surface area contributed by atoms with Gasteiger partial charge in [0.25, 0.3) is 0 Å². The molecule has 0 spiro atoms. The predicted octanol–water partition coefficient (Wildman–Crippen LogP) is -3.14. The van der Waals surface area contributed by atoms with Crippen molar-refractivity contribution in [1.29, 1.82) is 0 Å². The molecule has 0 aliphatic heterocycles. The molecule has 8 unspecified atom stereocenters. The van der Waals surface area contributed by atoms with Gasteiger partial charge in [0.1, 0.15) is 24.4 Å². The van der Waals surface area contributed by atoms with Crippen molar-refractivity contribution in [1.82, 2.24) is 0 Å². The lowest BCUT2D eigenvalue weighted by Crippen LogP contribution is -2.37. The normalized spacial score (nSPS) is 20.0. The summed E-state index contributed by atoms with van der Waals surface area (Å²) in [5.41, 5.74) is 5.92. The Morgan fingerprint density at radius 2 is 0.651 bits per heavy atom. The van der Waals surface area contributed by atoms with Gasteiger partial charge in [-0.1, -0.05) is 0 Å². The second-order valence-electron chi connectivity index (χ2n) is 11.1. The van der Waals surface area contributed by atoms with Gasteiger partial charge in [-0.3, -0.25) is 0 Å². The van der Waals surface area contributed by atoms with Gasteiger partial charge in [0.2, 0.25) is 0 Å². The van der Waals surface area contributed by atoms with Crippen LogP contribution in [0.25, 0.3) is 0 Å². The minimum atomic E-state index is -0.892. The smallest absolute Gasteiger partial charge is 0.106 e. The molecule has 0 aromatic rings. The zero-order valence-corrected chi connectivity index (χ0v) is 26.1. The largest absolute Gasteiger partial charge is 0.394 e. The van der Waals surface area contributed by atoms with Gasteiger partial charge < -0.3 is 75.0 Å². The average molecular weight is 634 g/mol. The van der Waals surface area contributed by atoms with E-state index in [4.69, 9.17) is 34.2 Å². The first kappa shape index (κ1) is 42.4. The Kier molecular flexibility index (Phi) is 25.2. The minimum absolute atomic E-state index is 0.0855. The lowest BCUT2D eigenvalue weighted by Gasteiger charge is -2.27. The van der Waals surface area contributed by atoms with Crippen LogP contribution in [0.1, 0.15) is 27.7 Å². The van der Waals surface area contributed by atoms with E-state index in [9.17, 15) is 40.9 Å². The predicted molar refractivity (Wildman–Crippen MR) is 155 cm³/mol. The van der Waals surface area contributed by atoms with Crippen molar-refractivity contribution >= 4 is 0 Å². The summed E-state index contributed by atoms with van der Waals surface area (Å²) in [4.78, 5) is 0. The Morgan fingerprint density at radius 3 is 0.837 bits per heavy atom. The van der Waals surface area contributed by atoms with Crippen molar-refractivity contribution in [2.75, 3.05) is 85.8 Å². The first-order chi connectivity index (χ1) is 20.4. The van der Waals surface area contributed by atoms with Crippen LogP contribution >= 0.6 is 0 Å². The van der Waals surface area contributed by atoms with Crippen LogP contribution in [0.15, 0.2) is 0 Å². The summed E-state index contributed by atoms with van der Waals surface area (Å²) in [7, 11) is 0. The molecule has 15 nitrogen and oxygen atoms in total. The van der Waals surface area contributed by atoms with Crippen LogP contribution in [-0.2, 0) is 28.4 Å². The molecule has 0 heterocycles. The van der Waals surface area contributed by atoms with Crippen LogP contribution in [0, 0.1) is 17.8 Å². The number of aliphatic hydroxyl groups is 8. The minimum Gasteiger partial charge on any atom is -0.394 e. The van der Waals surface area contributed by atoms with Crippen LogP contribution in [0.2, 0.25) is 0 Å². The van der Waals surface area contributed by atoms with Crippen LogP contribution in [0.3, 0.4) is 0 Å². The molecule has 0 aliphatic carbocycles. The maximum atomic E-state index is 9.75. The molecule has 0 aromatic heterocycles. The second-order valence-corrected chi connectivity index (χ2v) is 11.1. The molecule has 10 N–H and O–H groups in total. The number of hydrogen-bond acceptors (Lipinski definition) is 15. The second kappa shape index (κ2) is 25.6. The third-order valence-electron chi connectivity index (χ3n) is 6.80. The number of nitrogens with two attached hydrogens (primary N) is 1. The molecular weight excluding hydrogens is 574 g/mol. The van der Waals surface area contributed by atoms with Crippen molar-refractivity contribution in [3.05, 3.63) is 0 Å². The molecule has 15 heteroatoms. The molecule has 8 atom stereocenters. The fourth-order valence-electron chi connectivity index (χ4n) is 3.69. The van der Waals surface area contributed by atoms with Crippen molar-refractivity contribution in [2.45, 2.75) is 76.5 Å². The highest BCUT2D eigenvalue weighted by molar-refractivity contribution is 4.70. The lowest BCUT2D eigenvalue weighted by atomic mass is 10.1. The van der Waals surface area contributed by atoms with Crippen molar-refractivity contribution in [3.63, 3.8) is 0 Å². The summed E-state index contributed by atoms with van der Waals surface area (Å²) in [5.74, 6) is -0.888. The number of ether oxygens (including phenoxy) is 6. The highest BCUT2D eigenvalue weighted by Gasteiger charge is 2.23. The maximum absolute atomic E-state index is 9.75. The van der Waals surface area contributed by atoms with Gasteiger partial charge in [-0.05, 0) is 34.2 Å². The maximum Gasteiger partial charge on any atom is 0.106 e. The van der Waals surface area contributed by atoms with E-state index in [0.29, 0.717) is 0 Å². The topological polar surface area (TPSA) is 243 Å². The van der Waals surface area contributed by atoms with E-state index in [1.807, 2.05) is 0 Å². The molecule has 0 fully saturated rings. The van der Waals surface area contributed by atoms with E-state index in [0.717, 1.165) is 0 Å². The van der Waals surface area contributed by atoms with E-state index in [-0.39, 0.29) is 104 Å². The van der Waals surface area contributed by atoms with Gasteiger partial charge in [-0.2, -0.15) is 0 Å². The summed E-state index contributed by atoms with van der Waals surface area (Å²) in [6.45, 7) is 5.91. The van der Waals surface area contributed by atoms with E-state index >= 15 is 0 Å². The third-order valence-corrected chi connectivity index (χ3v) is 6.80. The number of hydrogen-bond donors (Lipinski definition) is 9. The van der Waals surface area contributed by atoms with E-state index < -0.39 is 48.8 Å². The highest BCUT2D eigenvalue weighted by atomic mass is 16.5. The first-order valence-corrected chi connectivity index (χ1v) is 14.9.